The highest BCUT2D eigenvalue weighted by molar-refractivity contribution is 5.45. The molecule has 0 heterocycles. The van der Waals surface area contributed by atoms with Crippen LogP contribution in [0.1, 0.15) is 25.8 Å². The summed E-state index contributed by atoms with van der Waals surface area (Å²) >= 11 is 0. The summed E-state index contributed by atoms with van der Waals surface area (Å²) in [5.41, 5.74) is 8.32. The van der Waals surface area contributed by atoms with Gasteiger partial charge in [-0.3, -0.25) is 0 Å². The van der Waals surface area contributed by atoms with E-state index < -0.39 is 5.54 Å². The van der Waals surface area contributed by atoms with Gasteiger partial charge in [0.15, 0.2) is 11.5 Å². The Morgan fingerprint density at radius 2 is 1.86 bits per heavy atom. The molecule has 0 bridgehead atoms. The van der Waals surface area contributed by atoms with Gasteiger partial charge in [0, 0.05) is 6.04 Å². The normalized spacial score (nSPS) is 15.4. The van der Waals surface area contributed by atoms with Gasteiger partial charge >= 0.3 is 0 Å². The van der Waals surface area contributed by atoms with Crippen molar-refractivity contribution < 1.29 is 9.47 Å². The molecule has 2 N–H and O–H groups in total. The minimum atomic E-state index is -0.533. The van der Waals surface area contributed by atoms with Crippen molar-refractivity contribution in [3.63, 3.8) is 0 Å². The predicted molar refractivity (Wildman–Crippen MR) is 88.0 cm³/mol. The van der Waals surface area contributed by atoms with E-state index in [1.54, 1.807) is 14.2 Å². The van der Waals surface area contributed by atoms with Crippen LogP contribution in [0.15, 0.2) is 30.4 Å². The first-order valence-electron chi connectivity index (χ1n) is 7.08. The van der Waals surface area contributed by atoms with Crippen molar-refractivity contribution in [1.82, 2.24) is 4.90 Å². The van der Waals surface area contributed by atoms with Crippen LogP contribution in [0.5, 0.6) is 11.5 Å². The number of rotatable bonds is 7. The molecular formula is C17H28N2O2. The Morgan fingerprint density at radius 3 is 2.29 bits per heavy atom. The third kappa shape index (κ3) is 3.77. The lowest BCUT2D eigenvalue weighted by Gasteiger charge is -2.40. The van der Waals surface area contributed by atoms with E-state index in [1.165, 1.54) is 0 Å². The van der Waals surface area contributed by atoms with E-state index in [2.05, 4.69) is 18.4 Å². The van der Waals surface area contributed by atoms with Gasteiger partial charge < -0.3 is 20.1 Å². The maximum Gasteiger partial charge on any atom is 0.161 e. The summed E-state index contributed by atoms with van der Waals surface area (Å²) in [7, 11) is 7.33. The first kappa shape index (κ1) is 17.5. The summed E-state index contributed by atoms with van der Waals surface area (Å²) in [6.45, 7) is 8.16. The lowest BCUT2D eigenvalue weighted by molar-refractivity contribution is 0.190. The van der Waals surface area contributed by atoms with E-state index in [9.17, 15) is 0 Å². The van der Waals surface area contributed by atoms with Crippen LogP contribution in [0.25, 0.3) is 0 Å². The summed E-state index contributed by atoms with van der Waals surface area (Å²) in [5, 5.41) is 0. The van der Waals surface area contributed by atoms with Crippen LogP contribution in [0.3, 0.4) is 0 Å². The standard InChI is InChI=1S/C17H28N2O2/c1-12(2)11-17(18,13(3)19(4)5)14-8-9-15(20-6)16(10-14)21-7/h8-10,13H,1,11,18H2,2-7H3. The average molecular weight is 292 g/mol. The lowest BCUT2D eigenvalue weighted by atomic mass is 9.79. The zero-order valence-electron chi connectivity index (χ0n) is 14.1. The summed E-state index contributed by atoms with van der Waals surface area (Å²) < 4.78 is 10.7. The van der Waals surface area contributed by atoms with Crippen LogP contribution in [-0.2, 0) is 5.54 Å². The van der Waals surface area contributed by atoms with Gasteiger partial charge in [0.1, 0.15) is 0 Å². The highest BCUT2D eigenvalue weighted by Gasteiger charge is 2.35. The van der Waals surface area contributed by atoms with Gasteiger partial charge in [-0.15, -0.1) is 6.58 Å². The van der Waals surface area contributed by atoms with Crippen molar-refractivity contribution in [2.24, 2.45) is 5.73 Å². The number of hydrogen-bond acceptors (Lipinski definition) is 4. The molecule has 1 aromatic rings. The smallest absolute Gasteiger partial charge is 0.161 e. The predicted octanol–water partition coefficient (Wildman–Crippen LogP) is 2.77. The van der Waals surface area contributed by atoms with E-state index in [4.69, 9.17) is 15.2 Å². The molecule has 0 radical (unpaired) electrons. The molecule has 4 heteroatoms. The topological polar surface area (TPSA) is 47.7 Å². The Kier molecular flexibility index (Phi) is 5.81. The molecule has 21 heavy (non-hydrogen) atoms. The Balaban J connectivity index is 3.35. The maximum absolute atomic E-state index is 6.78. The summed E-state index contributed by atoms with van der Waals surface area (Å²) in [6.07, 6.45) is 0.710. The monoisotopic (exact) mass is 292 g/mol. The molecular weight excluding hydrogens is 264 g/mol. The van der Waals surface area contributed by atoms with Crippen LogP contribution < -0.4 is 15.2 Å². The average Bonchev–Trinajstić information content (AvgIpc) is 2.44. The molecule has 0 amide bonds. The summed E-state index contributed by atoms with van der Waals surface area (Å²) in [6, 6.07) is 6.01. The van der Waals surface area contributed by atoms with Crippen LogP contribution in [0.4, 0.5) is 0 Å². The third-order valence-corrected chi connectivity index (χ3v) is 4.04. The number of ether oxygens (including phenoxy) is 2. The van der Waals surface area contributed by atoms with E-state index in [0.29, 0.717) is 17.9 Å². The number of methoxy groups -OCH3 is 2. The highest BCUT2D eigenvalue weighted by Crippen LogP contribution is 2.36. The maximum atomic E-state index is 6.78. The van der Waals surface area contributed by atoms with Crippen LogP contribution >= 0.6 is 0 Å². The number of likely N-dealkylation sites (N-methyl/N-ethyl adjacent to an activating group) is 1. The Labute approximate surface area is 128 Å². The molecule has 0 aliphatic heterocycles. The molecule has 118 valence electrons. The molecule has 0 fully saturated rings. The zero-order chi connectivity index (χ0) is 16.2. The van der Waals surface area contributed by atoms with Gasteiger partial charge in [0.2, 0.25) is 0 Å². The number of nitrogens with zero attached hydrogens (tertiary/aromatic N) is 1. The molecule has 1 rings (SSSR count). The molecule has 0 saturated carbocycles. The molecule has 4 nitrogen and oxygen atoms in total. The molecule has 2 atom stereocenters. The second kappa shape index (κ2) is 6.96. The third-order valence-electron chi connectivity index (χ3n) is 4.04. The molecule has 1 aromatic carbocycles. The van der Waals surface area contributed by atoms with Crippen LogP contribution in [0.2, 0.25) is 0 Å². The van der Waals surface area contributed by atoms with Crippen molar-refractivity contribution in [3.8, 4) is 11.5 Å². The first-order chi connectivity index (χ1) is 9.76. The van der Waals surface area contributed by atoms with Crippen molar-refractivity contribution >= 4 is 0 Å². The Morgan fingerprint density at radius 1 is 1.29 bits per heavy atom. The molecule has 0 aromatic heterocycles. The van der Waals surface area contributed by atoms with Gasteiger partial charge in [-0.25, -0.2) is 0 Å². The van der Waals surface area contributed by atoms with Crippen molar-refractivity contribution in [2.75, 3.05) is 28.3 Å². The Bertz CT molecular complexity index is 500. The zero-order valence-corrected chi connectivity index (χ0v) is 14.1. The number of benzene rings is 1. The van der Waals surface area contributed by atoms with Gasteiger partial charge in [-0.1, -0.05) is 11.6 Å². The van der Waals surface area contributed by atoms with Crippen molar-refractivity contribution in [2.45, 2.75) is 31.8 Å². The number of nitrogens with two attached hydrogens (primary N) is 1. The SMILES string of the molecule is C=C(C)CC(N)(c1ccc(OC)c(OC)c1)C(C)N(C)C. The van der Waals surface area contributed by atoms with E-state index in [-0.39, 0.29) is 6.04 Å². The second-order valence-electron chi connectivity index (χ2n) is 5.88. The molecule has 0 spiro atoms. The van der Waals surface area contributed by atoms with Gasteiger partial charge in [0.05, 0.1) is 19.8 Å². The number of hydrogen-bond donors (Lipinski definition) is 1. The fraction of sp³-hybridized carbons (Fsp3) is 0.529. The van der Waals surface area contributed by atoms with Crippen molar-refractivity contribution in [3.05, 3.63) is 35.9 Å². The van der Waals surface area contributed by atoms with Gasteiger partial charge in [-0.05, 0) is 52.1 Å². The summed E-state index contributed by atoms with van der Waals surface area (Å²) in [4.78, 5) is 2.12. The van der Waals surface area contributed by atoms with Gasteiger partial charge in [-0.2, -0.15) is 0 Å². The van der Waals surface area contributed by atoms with Crippen LogP contribution in [0, 0.1) is 0 Å². The van der Waals surface area contributed by atoms with Gasteiger partial charge in [0.25, 0.3) is 0 Å². The minimum absolute atomic E-state index is 0.146. The highest BCUT2D eigenvalue weighted by atomic mass is 16.5. The van der Waals surface area contributed by atoms with E-state index >= 15 is 0 Å². The van der Waals surface area contributed by atoms with E-state index in [1.807, 2.05) is 39.2 Å². The fourth-order valence-electron chi connectivity index (χ4n) is 2.58. The summed E-state index contributed by atoms with van der Waals surface area (Å²) in [5.74, 6) is 1.40. The van der Waals surface area contributed by atoms with Crippen LogP contribution in [-0.4, -0.2) is 39.3 Å². The first-order valence-corrected chi connectivity index (χ1v) is 7.08. The molecule has 2 unspecified atom stereocenters. The largest absolute Gasteiger partial charge is 0.493 e. The molecule has 0 saturated heterocycles. The quantitative estimate of drug-likeness (QED) is 0.785. The molecule has 0 aliphatic carbocycles. The second-order valence-corrected chi connectivity index (χ2v) is 5.88. The molecule has 0 aliphatic rings. The Hall–Kier alpha value is -1.52. The minimum Gasteiger partial charge on any atom is -0.493 e. The van der Waals surface area contributed by atoms with Crippen molar-refractivity contribution in [1.29, 1.82) is 0 Å². The lowest BCUT2D eigenvalue weighted by Crippen LogP contribution is -2.52. The fourth-order valence-corrected chi connectivity index (χ4v) is 2.58. The van der Waals surface area contributed by atoms with E-state index in [0.717, 1.165) is 11.1 Å².